The van der Waals surface area contributed by atoms with E-state index in [4.69, 9.17) is 5.73 Å². The van der Waals surface area contributed by atoms with Gasteiger partial charge in [-0.3, -0.25) is 9.79 Å². The topological polar surface area (TPSA) is 58.7 Å². The van der Waals surface area contributed by atoms with Crippen molar-refractivity contribution in [2.45, 2.75) is 0 Å². The normalized spacial score (nSPS) is 16.7. The molecule has 1 heterocycles. The second kappa shape index (κ2) is 2.48. The van der Waals surface area contributed by atoms with Crippen LogP contribution in [0, 0.1) is 0 Å². The Bertz CT molecular complexity index is 143. The standard InChI is InChI=1S/C5H9N3O/c6-5(9)3-8-2-1-7-4-8/h4H,1-3H2,(H2,6,9). The number of carbonyl (C=O) groups excluding carboxylic acids is 1. The number of nitrogens with zero attached hydrogens (tertiary/aromatic N) is 2. The third-order valence-electron chi connectivity index (χ3n) is 1.12. The van der Waals surface area contributed by atoms with E-state index in [0.717, 1.165) is 13.1 Å². The molecule has 1 amide bonds. The van der Waals surface area contributed by atoms with Crippen LogP contribution in [0.15, 0.2) is 4.99 Å². The predicted molar refractivity (Wildman–Crippen MR) is 34.1 cm³/mol. The fourth-order valence-corrected chi connectivity index (χ4v) is 0.737. The van der Waals surface area contributed by atoms with Gasteiger partial charge in [-0.15, -0.1) is 0 Å². The van der Waals surface area contributed by atoms with E-state index < -0.39 is 0 Å². The number of amides is 1. The largest absolute Gasteiger partial charge is 0.368 e. The lowest BCUT2D eigenvalue weighted by Gasteiger charge is -2.08. The van der Waals surface area contributed by atoms with Crippen LogP contribution in [-0.2, 0) is 4.79 Å². The molecule has 0 unspecified atom stereocenters. The first-order chi connectivity index (χ1) is 4.29. The molecule has 0 saturated heterocycles. The molecule has 0 radical (unpaired) electrons. The van der Waals surface area contributed by atoms with Crippen LogP contribution >= 0.6 is 0 Å². The van der Waals surface area contributed by atoms with Gasteiger partial charge in [0, 0.05) is 6.54 Å². The van der Waals surface area contributed by atoms with Crippen molar-refractivity contribution in [3.05, 3.63) is 0 Å². The van der Waals surface area contributed by atoms with Gasteiger partial charge in [0.2, 0.25) is 5.91 Å². The highest BCUT2D eigenvalue weighted by Crippen LogP contribution is 1.90. The Labute approximate surface area is 53.3 Å². The molecule has 0 fully saturated rings. The number of carbonyl (C=O) groups is 1. The highest BCUT2D eigenvalue weighted by Gasteiger charge is 2.06. The second-order valence-corrected chi connectivity index (χ2v) is 1.96. The molecule has 1 aliphatic rings. The van der Waals surface area contributed by atoms with Gasteiger partial charge in [-0.1, -0.05) is 0 Å². The molecule has 0 aromatic carbocycles. The molecule has 0 aromatic rings. The zero-order chi connectivity index (χ0) is 6.69. The zero-order valence-electron chi connectivity index (χ0n) is 5.08. The Balaban J connectivity index is 2.28. The third kappa shape index (κ3) is 1.71. The van der Waals surface area contributed by atoms with Crippen LogP contribution in [0.3, 0.4) is 0 Å². The van der Waals surface area contributed by atoms with Crippen LogP contribution < -0.4 is 5.73 Å². The molecule has 0 spiro atoms. The Kier molecular flexibility index (Phi) is 1.67. The van der Waals surface area contributed by atoms with E-state index in [1.807, 2.05) is 0 Å². The second-order valence-electron chi connectivity index (χ2n) is 1.96. The van der Waals surface area contributed by atoms with Crippen molar-refractivity contribution >= 4 is 12.2 Å². The summed E-state index contributed by atoms with van der Waals surface area (Å²) in [6, 6.07) is 0. The summed E-state index contributed by atoms with van der Waals surface area (Å²) in [5, 5.41) is 0. The predicted octanol–water partition coefficient (Wildman–Crippen LogP) is -1.18. The zero-order valence-corrected chi connectivity index (χ0v) is 5.08. The van der Waals surface area contributed by atoms with E-state index in [-0.39, 0.29) is 5.91 Å². The van der Waals surface area contributed by atoms with Crippen molar-refractivity contribution in [2.75, 3.05) is 19.6 Å². The van der Waals surface area contributed by atoms with Gasteiger partial charge in [-0.25, -0.2) is 0 Å². The minimum absolute atomic E-state index is 0.295. The van der Waals surface area contributed by atoms with Gasteiger partial charge < -0.3 is 10.6 Å². The minimum atomic E-state index is -0.302. The van der Waals surface area contributed by atoms with Crippen molar-refractivity contribution < 1.29 is 4.79 Å². The molecular weight excluding hydrogens is 118 g/mol. The van der Waals surface area contributed by atoms with Crippen molar-refractivity contribution in [3.63, 3.8) is 0 Å². The molecule has 1 aliphatic heterocycles. The summed E-state index contributed by atoms with van der Waals surface area (Å²) in [6.45, 7) is 1.90. The highest BCUT2D eigenvalue weighted by atomic mass is 16.1. The minimum Gasteiger partial charge on any atom is -0.368 e. The maximum absolute atomic E-state index is 10.3. The molecule has 0 atom stereocenters. The number of hydrogen-bond acceptors (Lipinski definition) is 3. The first-order valence-electron chi connectivity index (χ1n) is 2.81. The Morgan fingerprint density at radius 2 is 2.67 bits per heavy atom. The maximum Gasteiger partial charge on any atom is 0.236 e. The number of aliphatic imine (C=N–C) groups is 1. The third-order valence-corrected chi connectivity index (χ3v) is 1.12. The molecule has 50 valence electrons. The molecular formula is C5H9N3O. The maximum atomic E-state index is 10.3. The van der Waals surface area contributed by atoms with Crippen molar-refractivity contribution in [1.82, 2.24) is 4.90 Å². The molecule has 4 nitrogen and oxygen atoms in total. The fraction of sp³-hybridized carbons (Fsp3) is 0.600. The van der Waals surface area contributed by atoms with Gasteiger partial charge in [-0.05, 0) is 0 Å². The summed E-state index contributed by atoms with van der Waals surface area (Å²) in [5.41, 5.74) is 4.93. The van der Waals surface area contributed by atoms with Gasteiger partial charge in [0.15, 0.2) is 0 Å². The lowest BCUT2D eigenvalue weighted by molar-refractivity contribution is -0.118. The van der Waals surface area contributed by atoms with Crippen LogP contribution in [0.2, 0.25) is 0 Å². The van der Waals surface area contributed by atoms with E-state index in [1.165, 1.54) is 0 Å². The van der Waals surface area contributed by atoms with Crippen molar-refractivity contribution in [3.8, 4) is 0 Å². The lowest BCUT2D eigenvalue weighted by atomic mass is 10.5. The number of hydrogen-bond donors (Lipinski definition) is 1. The van der Waals surface area contributed by atoms with Gasteiger partial charge in [0.1, 0.15) is 0 Å². The van der Waals surface area contributed by atoms with Gasteiger partial charge in [0.05, 0.1) is 19.4 Å². The van der Waals surface area contributed by atoms with E-state index >= 15 is 0 Å². The van der Waals surface area contributed by atoms with E-state index in [1.54, 1.807) is 11.2 Å². The van der Waals surface area contributed by atoms with Crippen LogP contribution in [-0.4, -0.2) is 36.8 Å². The fourth-order valence-electron chi connectivity index (χ4n) is 0.737. The number of rotatable bonds is 2. The van der Waals surface area contributed by atoms with E-state index in [2.05, 4.69) is 4.99 Å². The smallest absolute Gasteiger partial charge is 0.236 e. The van der Waals surface area contributed by atoms with E-state index in [0.29, 0.717) is 6.54 Å². The van der Waals surface area contributed by atoms with Gasteiger partial charge in [0.25, 0.3) is 0 Å². The van der Waals surface area contributed by atoms with E-state index in [9.17, 15) is 4.79 Å². The number of primary amides is 1. The summed E-state index contributed by atoms with van der Waals surface area (Å²) < 4.78 is 0. The first kappa shape index (κ1) is 6.07. The molecule has 9 heavy (non-hydrogen) atoms. The summed E-state index contributed by atoms with van der Waals surface area (Å²) in [5.74, 6) is -0.302. The lowest BCUT2D eigenvalue weighted by Crippen LogP contribution is -2.31. The molecule has 0 aromatic heterocycles. The van der Waals surface area contributed by atoms with Crippen LogP contribution in [0.4, 0.5) is 0 Å². The number of nitrogens with two attached hydrogens (primary N) is 1. The monoisotopic (exact) mass is 127 g/mol. The van der Waals surface area contributed by atoms with Crippen LogP contribution in [0.25, 0.3) is 0 Å². The molecule has 0 saturated carbocycles. The summed E-state index contributed by atoms with van der Waals surface area (Å²) in [6.07, 6.45) is 1.66. The quantitative estimate of drug-likeness (QED) is 0.507. The average Bonchev–Trinajstić information content (AvgIpc) is 2.15. The summed E-state index contributed by atoms with van der Waals surface area (Å²) in [7, 11) is 0. The molecule has 1 rings (SSSR count). The average molecular weight is 127 g/mol. The molecule has 4 heteroatoms. The molecule has 0 aliphatic carbocycles. The summed E-state index contributed by atoms with van der Waals surface area (Å²) >= 11 is 0. The molecule has 0 bridgehead atoms. The van der Waals surface area contributed by atoms with Crippen molar-refractivity contribution in [2.24, 2.45) is 10.7 Å². The van der Waals surface area contributed by atoms with Gasteiger partial charge >= 0.3 is 0 Å². The Morgan fingerprint density at radius 3 is 3.11 bits per heavy atom. The summed E-state index contributed by atoms with van der Waals surface area (Å²) in [4.78, 5) is 16.0. The van der Waals surface area contributed by atoms with Gasteiger partial charge in [-0.2, -0.15) is 0 Å². The SMILES string of the molecule is NC(=O)CN1C=NCC1. The first-order valence-corrected chi connectivity index (χ1v) is 2.81. The Hall–Kier alpha value is -1.06. The van der Waals surface area contributed by atoms with Crippen molar-refractivity contribution in [1.29, 1.82) is 0 Å². The van der Waals surface area contributed by atoms with Crippen LogP contribution in [0.1, 0.15) is 0 Å². The van der Waals surface area contributed by atoms with Crippen LogP contribution in [0.5, 0.6) is 0 Å². The molecule has 2 N–H and O–H groups in total. The Morgan fingerprint density at radius 1 is 1.89 bits per heavy atom. The highest BCUT2D eigenvalue weighted by molar-refractivity contribution is 5.78.